The molecule has 0 aromatic heterocycles. The summed E-state index contributed by atoms with van der Waals surface area (Å²) in [7, 11) is 1.47. The van der Waals surface area contributed by atoms with Crippen LogP contribution in [0.15, 0.2) is 76.8 Å². The fourth-order valence-corrected chi connectivity index (χ4v) is 3.85. The second-order valence-electron chi connectivity index (χ2n) is 8.04. The summed E-state index contributed by atoms with van der Waals surface area (Å²) < 4.78 is 11.8. The maximum Gasteiger partial charge on any atom is 0.335 e. The largest absolute Gasteiger partial charge is 0.497 e. The average molecular weight is 564 g/mol. The average Bonchev–Trinajstić information content (AvgIpc) is 2.86. The highest BCUT2D eigenvalue weighted by Gasteiger charge is 2.37. The Balaban J connectivity index is 1.60. The van der Waals surface area contributed by atoms with E-state index < -0.39 is 23.8 Å². The number of amides is 5. The lowest BCUT2D eigenvalue weighted by molar-refractivity contribution is -0.122. The predicted octanol–water partition coefficient (Wildman–Crippen LogP) is 4.45. The Morgan fingerprint density at radius 2 is 1.81 bits per heavy atom. The van der Waals surface area contributed by atoms with Crippen molar-refractivity contribution in [1.29, 1.82) is 0 Å². The van der Waals surface area contributed by atoms with Gasteiger partial charge in [-0.25, -0.2) is 9.69 Å². The van der Waals surface area contributed by atoms with Gasteiger partial charge in [0, 0.05) is 21.8 Å². The lowest BCUT2D eigenvalue weighted by Crippen LogP contribution is -2.54. The Kier molecular flexibility index (Phi) is 7.69. The van der Waals surface area contributed by atoms with Crippen molar-refractivity contribution >= 4 is 57.1 Å². The number of carbonyl (C=O) groups excluding carboxylic acids is 4. The van der Waals surface area contributed by atoms with Crippen LogP contribution < -0.4 is 25.0 Å². The molecule has 0 atom stereocenters. The molecule has 0 saturated carbocycles. The summed E-state index contributed by atoms with van der Waals surface area (Å²) in [5.74, 6) is -1.39. The van der Waals surface area contributed by atoms with Gasteiger partial charge in [-0.15, -0.1) is 0 Å². The molecule has 5 amide bonds. The number of methoxy groups -OCH3 is 1. The van der Waals surface area contributed by atoms with E-state index in [4.69, 9.17) is 9.47 Å². The van der Waals surface area contributed by atoms with Crippen molar-refractivity contribution < 1.29 is 28.7 Å². The number of aryl methyl sites for hydroxylation is 1. The third-order valence-electron chi connectivity index (χ3n) is 5.37. The van der Waals surface area contributed by atoms with Gasteiger partial charge in [0.2, 0.25) is 0 Å². The quantitative estimate of drug-likeness (QED) is 0.324. The number of imide groups is 2. The first-order valence-electron chi connectivity index (χ1n) is 11.1. The van der Waals surface area contributed by atoms with Crippen molar-refractivity contribution in [1.82, 2.24) is 5.32 Å². The molecule has 188 valence electrons. The number of benzene rings is 3. The van der Waals surface area contributed by atoms with Crippen LogP contribution in [0.25, 0.3) is 6.08 Å². The molecule has 0 spiro atoms. The zero-order valence-electron chi connectivity index (χ0n) is 19.9. The van der Waals surface area contributed by atoms with Crippen LogP contribution in [-0.4, -0.2) is 37.5 Å². The van der Waals surface area contributed by atoms with Gasteiger partial charge in [0.25, 0.3) is 17.7 Å². The minimum atomic E-state index is -0.853. The summed E-state index contributed by atoms with van der Waals surface area (Å²) >= 11 is 3.31. The highest BCUT2D eigenvalue weighted by molar-refractivity contribution is 9.10. The van der Waals surface area contributed by atoms with Gasteiger partial charge in [0.15, 0.2) is 6.61 Å². The second-order valence-corrected chi connectivity index (χ2v) is 8.96. The third kappa shape index (κ3) is 6.04. The van der Waals surface area contributed by atoms with Crippen LogP contribution in [0.3, 0.4) is 0 Å². The summed E-state index contributed by atoms with van der Waals surface area (Å²) in [5, 5.41) is 4.94. The molecule has 3 aromatic carbocycles. The van der Waals surface area contributed by atoms with Crippen molar-refractivity contribution in [3.05, 3.63) is 87.9 Å². The van der Waals surface area contributed by atoms with E-state index in [2.05, 4.69) is 26.6 Å². The van der Waals surface area contributed by atoms with Crippen LogP contribution >= 0.6 is 15.9 Å². The fourth-order valence-electron chi connectivity index (χ4n) is 3.59. The molecule has 3 aromatic rings. The number of barbiturate groups is 1. The molecule has 0 bridgehead atoms. The van der Waals surface area contributed by atoms with E-state index in [0.29, 0.717) is 22.7 Å². The number of anilines is 2. The monoisotopic (exact) mass is 563 g/mol. The minimum Gasteiger partial charge on any atom is -0.497 e. The first kappa shape index (κ1) is 25.6. The molecule has 37 heavy (non-hydrogen) atoms. The van der Waals surface area contributed by atoms with Crippen molar-refractivity contribution in [2.75, 3.05) is 23.9 Å². The van der Waals surface area contributed by atoms with Crippen molar-refractivity contribution in [3.63, 3.8) is 0 Å². The molecule has 0 aliphatic carbocycles. The van der Waals surface area contributed by atoms with Crippen LogP contribution in [-0.2, 0) is 14.4 Å². The first-order valence-corrected chi connectivity index (χ1v) is 11.9. The van der Waals surface area contributed by atoms with E-state index in [1.165, 1.54) is 19.3 Å². The number of halogens is 1. The van der Waals surface area contributed by atoms with E-state index in [-0.39, 0.29) is 17.9 Å². The van der Waals surface area contributed by atoms with Crippen molar-refractivity contribution in [2.24, 2.45) is 0 Å². The van der Waals surface area contributed by atoms with E-state index in [0.717, 1.165) is 14.9 Å². The molecule has 1 saturated heterocycles. The SMILES string of the molecule is COc1ccc(/C=C2\C(=O)NC(=O)N(c3ccc(Br)cc3)C2=O)c(OCC(=O)Nc2cccc(C)c2)c1. The summed E-state index contributed by atoms with van der Waals surface area (Å²) in [6.07, 6.45) is 1.31. The van der Waals surface area contributed by atoms with Crippen molar-refractivity contribution in [3.8, 4) is 11.5 Å². The first-order chi connectivity index (χ1) is 17.7. The third-order valence-corrected chi connectivity index (χ3v) is 5.90. The fraction of sp³-hybridized carbons (Fsp3) is 0.111. The highest BCUT2D eigenvalue weighted by Crippen LogP contribution is 2.29. The Hall–Kier alpha value is -4.44. The van der Waals surface area contributed by atoms with Crippen LogP contribution in [0.2, 0.25) is 0 Å². The number of nitrogens with zero attached hydrogens (tertiary/aromatic N) is 1. The molecule has 9 nitrogen and oxygen atoms in total. The molecule has 1 aliphatic rings. The zero-order valence-corrected chi connectivity index (χ0v) is 21.5. The molecular weight excluding hydrogens is 542 g/mol. The smallest absolute Gasteiger partial charge is 0.335 e. The van der Waals surface area contributed by atoms with Gasteiger partial charge in [0.1, 0.15) is 17.1 Å². The molecule has 0 radical (unpaired) electrons. The summed E-state index contributed by atoms with van der Waals surface area (Å²) in [5.41, 5.74) is 1.98. The minimum absolute atomic E-state index is 0.207. The number of nitrogens with one attached hydrogen (secondary N) is 2. The molecule has 10 heteroatoms. The normalized spacial score (nSPS) is 14.4. The van der Waals surface area contributed by atoms with E-state index >= 15 is 0 Å². The predicted molar refractivity (Wildman–Crippen MR) is 141 cm³/mol. The Morgan fingerprint density at radius 1 is 1.05 bits per heavy atom. The Bertz CT molecular complexity index is 1420. The Labute approximate surface area is 221 Å². The standard InChI is InChI=1S/C27H22BrN3O6/c1-16-4-3-5-19(12-16)29-24(32)15-37-23-14-21(36-2)11-6-17(23)13-22-25(33)30-27(35)31(26(22)34)20-9-7-18(28)8-10-20/h3-14H,15H2,1-2H3,(H,29,32)(H,30,33,35)/b22-13+. The van der Waals surface area contributed by atoms with Crippen molar-refractivity contribution in [2.45, 2.75) is 6.92 Å². The second kappa shape index (κ2) is 11.1. The van der Waals surface area contributed by atoms with Crippen LogP contribution in [0.4, 0.5) is 16.2 Å². The summed E-state index contributed by atoms with van der Waals surface area (Å²) in [6.45, 7) is 1.58. The molecule has 1 aliphatic heterocycles. The summed E-state index contributed by atoms with van der Waals surface area (Å²) in [6, 6.07) is 17.7. The number of hydrogen-bond acceptors (Lipinski definition) is 6. The maximum absolute atomic E-state index is 13.2. The topological polar surface area (TPSA) is 114 Å². The van der Waals surface area contributed by atoms with Crippen LogP contribution in [0.1, 0.15) is 11.1 Å². The summed E-state index contributed by atoms with van der Waals surface area (Å²) in [4.78, 5) is 51.6. The molecule has 2 N–H and O–H groups in total. The van der Waals surface area contributed by atoms with Gasteiger partial charge in [0.05, 0.1) is 12.8 Å². The van der Waals surface area contributed by atoms with Gasteiger partial charge in [-0.3, -0.25) is 19.7 Å². The van der Waals surface area contributed by atoms with E-state index in [1.807, 2.05) is 25.1 Å². The zero-order chi connectivity index (χ0) is 26.5. The number of urea groups is 1. The Morgan fingerprint density at radius 3 is 2.51 bits per heavy atom. The van der Waals surface area contributed by atoms with Gasteiger partial charge in [-0.2, -0.15) is 0 Å². The highest BCUT2D eigenvalue weighted by atomic mass is 79.9. The van der Waals surface area contributed by atoms with Crippen LogP contribution in [0.5, 0.6) is 11.5 Å². The number of carbonyl (C=O) groups is 4. The molecule has 4 rings (SSSR count). The van der Waals surface area contributed by atoms with Gasteiger partial charge in [-0.1, -0.05) is 28.1 Å². The number of ether oxygens (including phenoxy) is 2. The lowest BCUT2D eigenvalue weighted by Gasteiger charge is -2.26. The molecule has 1 heterocycles. The van der Waals surface area contributed by atoms with Crippen LogP contribution in [0, 0.1) is 6.92 Å². The van der Waals surface area contributed by atoms with E-state index in [9.17, 15) is 19.2 Å². The lowest BCUT2D eigenvalue weighted by atomic mass is 10.1. The van der Waals surface area contributed by atoms with Gasteiger partial charge in [-0.05, 0) is 67.1 Å². The molecule has 0 unspecified atom stereocenters. The molecular formula is C27H22BrN3O6. The van der Waals surface area contributed by atoms with Gasteiger partial charge >= 0.3 is 6.03 Å². The van der Waals surface area contributed by atoms with Gasteiger partial charge < -0.3 is 14.8 Å². The number of hydrogen-bond donors (Lipinski definition) is 2. The maximum atomic E-state index is 13.2. The number of rotatable bonds is 7. The molecule has 1 fully saturated rings. The van der Waals surface area contributed by atoms with E-state index in [1.54, 1.807) is 42.5 Å².